The maximum Gasteiger partial charge on any atom is 0.0967 e. The third-order valence-electron chi connectivity index (χ3n) is 2.24. The van der Waals surface area contributed by atoms with Crippen LogP contribution in [-0.2, 0) is 6.54 Å². The third kappa shape index (κ3) is 1.86. The molecule has 2 rings (SSSR count). The molecule has 5 heteroatoms. The summed E-state index contributed by atoms with van der Waals surface area (Å²) in [6.45, 7) is 2.33. The molecule has 0 fully saturated rings. The van der Waals surface area contributed by atoms with Crippen molar-refractivity contribution in [2.24, 2.45) is 5.73 Å². The van der Waals surface area contributed by atoms with Gasteiger partial charge < -0.3 is 5.73 Å². The summed E-state index contributed by atoms with van der Waals surface area (Å²) in [4.78, 5) is 0. The molecule has 0 saturated heterocycles. The number of aromatic nitrogens is 3. The molecule has 0 atom stereocenters. The molecule has 0 aliphatic carbocycles. The number of hydrogen-bond donors (Lipinski definition) is 1. The van der Waals surface area contributed by atoms with Gasteiger partial charge in [-0.25, -0.2) is 4.68 Å². The van der Waals surface area contributed by atoms with Crippen molar-refractivity contribution in [3.63, 3.8) is 0 Å². The minimum atomic E-state index is 0.389. The normalized spacial score (nSPS) is 10.6. The molecule has 0 spiro atoms. The van der Waals surface area contributed by atoms with Crippen LogP contribution in [-0.4, -0.2) is 15.0 Å². The number of nitrogens with two attached hydrogens (primary N) is 1. The molecule has 0 bridgehead atoms. The summed E-state index contributed by atoms with van der Waals surface area (Å²) in [6, 6.07) is 5.67. The Kier molecular flexibility index (Phi) is 2.70. The van der Waals surface area contributed by atoms with Crippen LogP contribution in [0.4, 0.5) is 0 Å². The van der Waals surface area contributed by atoms with Crippen molar-refractivity contribution in [2.45, 2.75) is 13.5 Å². The number of halogens is 1. The first kappa shape index (κ1) is 10.1. The number of nitrogens with zero attached hydrogens (tertiary/aromatic N) is 3. The molecule has 78 valence electrons. The zero-order chi connectivity index (χ0) is 10.8. The molecular weight excluding hydrogens is 212 g/mol. The lowest BCUT2D eigenvalue weighted by atomic mass is 10.2. The first-order valence-electron chi connectivity index (χ1n) is 4.59. The fourth-order valence-electron chi connectivity index (χ4n) is 1.35. The average Bonchev–Trinajstić information content (AvgIpc) is 2.70. The Morgan fingerprint density at radius 3 is 2.93 bits per heavy atom. The predicted octanol–water partition coefficient (Wildman–Crippen LogP) is 1.69. The molecule has 0 unspecified atom stereocenters. The van der Waals surface area contributed by atoms with E-state index in [9.17, 15) is 0 Å². The van der Waals surface area contributed by atoms with Crippen molar-refractivity contribution in [3.8, 4) is 5.69 Å². The van der Waals surface area contributed by atoms with E-state index in [2.05, 4.69) is 10.3 Å². The van der Waals surface area contributed by atoms with E-state index in [0.717, 1.165) is 22.0 Å². The van der Waals surface area contributed by atoms with E-state index in [1.54, 1.807) is 10.9 Å². The number of benzene rings is 1. The van der Waals surface area contributed by atoms with Crippen molar-refractivity contribution in [3.05, 3.63) is 40.7 Å². The topological polar surface area (TPSA) is 56.7 Å². The lowest BCUT2D eigenvalue weighted by Crippen LogP contribution is -1.98. The number of hydrogen-bond acceptors (Lipinski definition) is 3. The SMILES string of the molecule is Cc1c(Cl)cccc1-n1cc(CN)nn1. The Morgan fingerprint density at radius 1 is 1.47 bits per heavy atom. The predicted molar refractivity (Wildman–Crippen MR) is 59.0 cm³/mol. The van der Waals surface area contributed by atoms with Crippen molar-refractivity contribution in [2.75, 3.05) is 0 Å². The highest BCUT2D eigenvalue weighted by molar-refractivity contribution is 6.31. The van der Waals surface area contributed by atoms with Gasteiger partial charge in [0.05, 0.1) is 17.6 Å². The third-order valence-corrected chi connectivity index (χ3v) is 2.65. The second-order valence-corrected chi connectivity index (χ2v) is 3.65. The van der Waals surface area contributed by atoms with Gasteiger partial charge in [0, 0.05) is 11.6 Å². The molecular formula is C10H11ClN4. The van der Waals surface area contributed by atoms with Crippen LogP contribution in [0.15, 0.2) is 24.4 Å². The first-order valence-corrected chi connectivity index (χ1v) is 4.97. The van der Waals surface area contributed by atoms with E-state index in [-0.39, 0.29) is 0 Å². The second-order valence-electron chi connectivity index (χ2n) is 3.24. The Balaban J connectivity index is 2.49. The van der Waals surface area contributed by atoms with Gasteiger partial charge in [0.25, 0.3) is 0 Å². The minimum absolute atomic E-state index is 0.389. The van der Waals surface area contributed by atoms with Gasteiger partial charge in [-0.2, -0.15) is 0 Å². The molecule has 1 aromatic carbocycles. The van der Waals surface area contributed by atoms with Gasteiger partial charge in [0.15, 0.2) is 0 Å². The van der Waals surface area contributed by atoms with E-state index >= 15 is 0 Å². The lowest BCUT2D eigenvalue weighted by molar-refractivity contribution is 0.792. The lowest BCUT2D eigenvalue weighted by Gasteiger charge is -2.05. The summed E-state index contributed by atoms with van der Waals surface area (Å²) >= 11 is 6.02. The highest BCUT2D eigenvalue weighted by Gasteiger charge is 2.06. The first-order chi connectivity index (χ1) is 7.22. The van der Waals surface area contributed by atoms with Gasteiger partial charge in [0.2, 0.25) is 0 Å². The molecule has 1 heterocycles. The van der Waals surface area contributed by atoms with Crippen LogP contribution in [0.1, 0.15) is 11.3 Å². The molecule has 0 aliphatic heterocycles. The van der Waals surface area contributed by atoms with Crippen molar-refractivity contribution < 1.29 is 0 Å². The highest BCUT2D eigenvalue weighted by atomic mass is 35.5. The fraction of sp³-hybridized carbons (Fsp3) is 0.200. The van der Waals surface area contributed by atoms with Gasteiger partial charge in [-0.1, -0.05) is 22.9 Å². The van der Waals surface area contributed by atoms with E-state index in [1.165, 1.54) is 0 Å². The summed E-state index contributed by atoms with van der Waals surface area (Å²) in [5, 5.41) is 8.63. The van der Waals surface area contributed by atoms with Crippen LogP contribution in [0.2, 0.25) is 5.02 Å². The highest BCUT2D eigenvalue weighted by Crippen LogP contribution is 2.21. The zero-order valence-corrected chi connectivity index (χ0v) is 9.07. The molecule has 2 aromatic rings. The Hall–Kier alpha value is -1.39. The van der Waals surface area contributed by atoms with Gasteiger partial charge >= 0.3 is 0 Å². The van der Waals surface area contributed by atoms with Crippen LogP contribution in [0.5, 0.6) is 0 Å². The smallest absolute Gasteiger partial charge is 0.0967 e. The largest absolute Gasteiger partial charge is 0.325 e. The second kappa shape index (κ2) is 4.00. The maximum absolute atomic E-state index is 6.02. The van der Waals surface area contributed by atoms with Crippen LogP contribution >= 0.6 is 11.6 Å². The number of rotatable bonds is 2. The van der Waals surface area contributed by atoms with Gasteiger partial charge in [0.1, 0.15) is 0 Å². The molecule has 4 nitrogen and oxygen atoms in total. The summed E-state index contributed by atoms with van der Waals surface area (Å²) in [5.41, 5.74) is 8.13. The Labute approximate surface area is 92.7 Å². The van der Waals surface area contributed by atoms with Gasteiger partial charge in [-0.05, 0) is 24.6 Å². The van der Waals surface area contributed by atoms with E-state index in [4.69, 9.17) is 17.3 Å². The molecule has 1 aromatic heterocycles. The maximum atomic E-state index is 6.02. The monoisotopic (exact) mass is 222 g/mol. The van der Waals surface area contributed by atoms with Crippen molar-refractivity contribution in [1.29, 1.82) is 0 Å². The van der Waals surface area contributed by atoms with Gasteiger partial charge in [-0.3, -0.25) is 0 Å². The quantitative estimate of drug-likeness (QED) is 0.841. The van der Waals surface area contributed by atoms with Crippen LogP contribution in [0.3, 0.4) is 0 Å². The molecule has 0 radical (unpaired) electrons. The molecule has 15 heavy (non-hydrogen) atoms. The van der Waals surface area contributed by atoms with E-state index < -0.39 is 0 Å². The summed E-state index contributed by atoms with van der Waals surface area (Å²) < 4.78 is 1.68. The zero-order valence-electron chi connectivity index (χ0n) is 8.31. The Bertz CT molecular complexity index is 478. The Morgan fingerprint density at radius 2 is 2.27 bits per heavy atom. The summed E-state index contributed by atoms with van der Waals surface area (Å²) in [5.74, 6) is 0. The van der Waals surface area contributed by atoms with Crippen LogP contribution < -0.4 is 5.73 Å². The van der Waals surface area contributed by atoms with Crippen molar-refractivity contribution in [1.82, 2.24) is 15.0 Å². The minimum Gasteiger partial charge on any atom is -0.325 e. The van der Waals surface area contributed by atoms with Gasteiger partial charge in [-0.15, -0.1) is 5.10 Å². The van der Waals surface area contributed by atoms with E-state index in [0.29, 0.717) is 6.54 Å². The summed E-state index contributed by atoms with van der Waals surface area (Å²) in [6.07, 6.45) is 1.80. The summed E-state index contributed by atoms with van der Waals surface area (Å²) in [7, 11) is 0. The standard InChI is InChI=1S/C10H11ClN4/c1-7-9(11)3-2-4-10(7)15-6-8(5-12)13-14-15/h2-4,6H,5,12H2,1H3. The molecule has 0 saturated carbocycles. The van der Waals surface area contributed by atoms with Crippen LogP contribution in [0, 0.1) is 6.92 Å². The fourth-order valence-corrected chi connectivity index (χ4v) is 1.52. The molecule has 0 amide bonds. The van der Waals surface area contributed by atoms with Crippen LogP contribution in [0.25, 0.3) is 5.69 Å². The molecule has 2 N–H and O–H groups in total. The van der Waals surface area contributed by atoms with E-state index in [1.807, 2.05) is 25.1 Å². The molecule has 0 aliphatic rings. The average molecular weight is 223 g/mol. The van der Waals surface area contributed by atoms with Crippen molar-refractivity contribution >= 4 is 11.6 Å².